The van der Waals surface area contributed by atoms with Crippen LogP contribution in [-0.4, -0.2) is 44.4 Å². The van der Waals surface area contributed by atoms with Crippen LogP contribution in [0.5, 0.6) is 0 Å². The molecular formula is C6H12FNO. The number of ether oxygens (including phenoxy) is 1. The van der Waals surface area contributed by atoms with Crippen molar-refractivity contribution in [2.75, 3.05) is 33.5 Å². The van der Waals surface area contributed by atoms with Crippen LogP contribution in [0.1, 0.15) is 0 Å². The minimum absolute atomic E-state index is 0.00116. The van der Waals surface area contributed by atoms with Gasteiger partial charge in [0.15, 0.2) is 0 Å². The summed E-state index contributed by atoms with van der Waals surface area (Å²) in [5.41, 5.74) is 0. The number of hydrogen-bond acceptors (Lipinski definition) is 2. The Labute approximate surface area is 54.6 Å². The van der Waals surface area contributed by atoms with E-state index in [4.69, 9.17) is 4.74 Å². The van der Waals surface area contributed by atoms with Crippen molar-refractivity contribution in [1.82, 2.24) is 4.90 Å². The van der Waals surface area contributed by atoms with Crippen molar-refractivity contribution in [2.45, 2.75) is 6.04 Å². The maximum atomic E-state index is 12.0. The SMILES string of the molecule is CN1CCOC[C@@H]1CF. The molecule has 2 nitrogen and oxygen atoms in total. The van der Waals surface area contributed by atoms with Gasteiger partial charge in [-0.1, -0.05) is 0 Å². The molecule has 1 aliphatic heterocycles. The van der Waals surface area contributed by atoms with E-state index in [2.05, 4.69) is 0 Å². The summed E-state index contributed by atoms with van der Waals surface area (Å²) >= 11 is 0. The Morgan fingerprint density at radius 1 is 1.78 bits per heavy atom. The Balaban J connectivity index is 2.30. The fourth-order valence-corrected chi connectivity index (χ4v) is 0.900. The van der Waals surface area contributed by atoms with Gasteiger partial charge in [-0.3, -0.25) is 4.90 Å². The summed E-state index contributed by atoms with van der Waals surface area (Å²) < 4.78 is 17.1. The molecule has 0 spiro atoms. The van der Waals surface area contributed by atoms with Crippen molar-refractivity contribution in [3.63, 3.8) is 0 Å². The van der Waals surface area contributed by atoms with Crippen LogP contribution < -0.4 is 0 Å². The third-order valence-corrected chi connectivity index (χ3v) is 1.70. The summed E-state index contributed by atoms with van der Waals surface area (Å²) in [6, 6.07) is -0.00116. The van der Waals surface area contributed by atoms with E-state index in [0.717, 1.165) is 13.2 Å². The first-order valence-electron chi connectivity index (χ1n) is 3.18. The molecule has 0 saturated carbocycles. The van der Waals surface area contributed by atoms with Crippen LogP contribution in [0.3, 0.4) is 0 Å². The predicted octanol–water partition coefficient (Wildman–Crippen LogP) is 0.286. The summed E-state index contributed by atoms with van der Waals surface area (Å²) in [5, 5.41) is 0. The van der Waals surface area contributed by atoms with E-state index in [9.17, 15) is 4.39 Å². The molecule has 0 aliphatic carbocycles. The summed E-state index contributed by atoms with van der Waals surface area (Å²) in [7, 11) is 1.92. The summed E-state index contributed by atoms with van der Waals surface area (Å²) in [6.07, 6.45) is 0. The van der Waals surface area contributed by atoms with Gasteiger partial charge in [0.05, 0.1) is 19.3 Å². The quantitative estimate of drug-likeness (QED) is 0.509. The minimum Gasteiger partial charge on any atom is -0.378 e. The van der Waals surface area contributed by atoms with Gasteiger partial charge in [0.1, 0.15) is 6.67 Å². The lowest BCUT2D eigenvalue weighted by molar-refractivity contribution is -0.00257. The zero-order valence-electron chi connectivity index (χ0n) is 5.64. The molecule has 9 heavy (non-hydrogen) atoms. The molecule has 54 valence electrons. The van der Waals surface area contributed by atoms with Crippen molar-refractivity contribution in [3.05, 3.63) is 0 Å². The maximum absolute atomic E-state index is 12.0. The van der Waals surface area contributed by atoms with E-state index in [1.54, 1.807) is 0 Å². The number of morpholine rings is 1. The largest absolute Gasteiger partial charge is 0.378 e. The van der Waals surface area contributed by atoms with Gasteiger partial charge in [-0.25, -0.2) is 4.39 Å². The number of rotatable bonds is 1. The number of hydrogen-bond donors (Lipinski definition) is 0. The highest BCUT2D eigenvalue weighted by atomic mass is 19.1. The predicted molar refractivity (Wildman–Crippen MR) is 33.2 cm³/mol. The fourth-order valence-electron chi connectivity index (χ4n) is 0.900. The first kappa shape index (κ1) is 6.96. The normalized spacial score (nSPS) is 30.7. The van der Waals surface area contributed by atoms with E-state index in [0.29, 0.717) is 6.61 Å². The Hall–Kier alpha value is -0.150. The second-order valence-electron chi connectivity index (χ2n) is 2.36. The monoisotopic (exact) mass is 133 g/mol. The molecule has 0 bridgehead atoms. The van der Waals surface area contributed by atoms with Gasteiger partial charge in [-0.15, -0.1) is 0 Å². The molecule has 0 radical (unpaired) electrons. The lowest BCUT2D eigenvalue weighted by atomic mass is 10.3. The molecule has 1 fully saturated rings. The summed E-state index contributed by atoms with van der Waals surface area (Å²) in [4.78, 5) is 1.99. The molecule has 3 heteroatoms. The Kier molecular flexibility index (Phi) is 2.42. The van der Waals surface area contributed by atoms with Crippen LogP contribution in [-0.2, 0) is 4.74 Å². The molecule has 1 aliphatic rings. The second kappa shape index (κ2) is 3.13. The molecule has 1 rings (SSSR count). The molecule has 0 amide bonds. The van der Waals surface area contributed by atoms with Crippen LogP contribution in [0.4, 0.5) is 4.39 Å². The van der Waals surface area contributed by atoms with Gasteiger partial charge in [-0.05, 0) is 7.05 Å². The molecule has 0 aromatic carbocycles. The molecule has 0 aromatic heterocycles. The van der Waals surface area contributed by atoms with Gasteiger partial charge in [0.25, 0.3) is 0 Å². The highest BCUT2D eigenvalue weighted by Crippen LogP contribution is 2.03. The average Bonchev–Trinajstić information content (AvgIpc) is 1.89. The highest BCUT2D eigenvalue weighted by Gasteiger charge is 2.18. The minimum atomic E-state index is -0.295. The Morgan fingerprint density at radius 3 is 3.00 bits per heavy atom. The topological polar surface area (TPSA) is 12.5 Å². The van der Waals surface area contributed by atoms with Gasteiger partial charge in [0.2, 0.25) is 0 Å². The van der Waals surface area contributed by atoms with E-state index in [1.165, 1.54) is 0 Å². The molecule has 0 N–H and O–H groups in total. The Morgan fingerprint density at radius 2 is 2.56 bits per heavy atom. The van der Waals surface area contributed by atoms with Crippen LogP contribution >= 0.6 is 0 Å². The number of likely N-dealkylation sites (N-methyl/N-ethyl adjacent to an activating group) is 1. The molecular weight excluding hydrogens is 121 g/mol. The number of halogens is 1. The first-order valence-corrected chi connectivity index (χ1v) is 3.18. The van der Waals surface area contributed by atoms with Gasteiger partial charge in [-0.2, -0.15) is 0 Å². The van der Waals surface area contributed by atoms with Crippen molar-refractivity contribution >= 4 is 0 Å². The summed E-state index contributed by atoms with van der Waals surface area (Å²) in [5.74, 6) is 0. The van der Waals surface area contributed by atoms with Crippen molar-refractivity contribution in [1.29, 1.82) is 0 Å². The van der Waals surface area contributed by atoms with E-state index >= 15 is 0 Å². The molecule has 1 heterocycles. The second-order valence-corrected chi connectivity index (χ2v) is 2.36. The van der Waals surface area contributed by atoms with Crippen molar-refractivity contribution in [3.8, 4) is 0 Å². The molecule has 1 atom stereocenters. The van der Waals surface area contributed by atoms with Gasteiger partial charge >= 0.3 is 0 Å². The lowest BCUT2D eigenvalue weighted by Crippen LogP contribution is -2.43. The zero-order chi connectivity index (χ0) is 6.69. The van der Waals surface area contributed by atoms with E-state index in [-0.39, 0.29) is 12.7 Å². The van der Waals surface area contributed by atoms with Crippen LogP contribution in [0.15, 0.2) is 0 Å². The van der Waals surface area contributed by atoms with Crippen LogP contribution in [0, 0.1) is 0 Å². The first-order chi connectivity index (χ1) is 4.34. The van der Waals surface area contributed by atoms with Crippen LogP contribution in [0.2, 0.25) is 0 Å². The van der Waals surface area contributed by atoms with Gasteiger partial charge < -0.3 is 4.74 Å². The Bertz CT molecular complexity index is 89.1. The fraction of sp³-hybridized carbons (Fsp3) is 1.00. The highest BCUT2D eigenvalue weighted by molar-refractivity contribution is 4.70. The molecule has 0 unspecified atom stereocenters. The number of alkyl halides is 1. The third-order valence-electron chi connectivity index (χ3n) is 1.70. The number of nitrogens with zero attached hydrogens (tertiary/aromatic N) is 1. The van der Waals surface area contributed by atoms with Crippen molar-refractivity contribution < 1.29 is 9.13 Å². The lowest BCUT2D eigenvalue weighted by Gasteiger charge is -2.29. The zero-order valence-corrected chi connectivity index (χ0v) is 5.64. The van der Waals surface area contributed by atoms with E-state index in [1.807, 2.05) is 11.9 Å². The average molecular weight is 133 g/mol. The third kappa shape index (κ3) is 1.63. The molecule has 1 saturated heterocycles. The van der Waals surface area contributed by atoms with Crippen molar-refractivity contribution in [2.24, 2.45) is 0 Å². The van der Waals surface area contributed by atoms with E-state index < -0.39 is 0 Å². The standard InChI is InChI=1S/C6H12FNO/c1-8-2-3-9-5-6(8)4-7/h6H,2-5H2,1H3/t6-/m0/s1. The smallest absolute Gasteiger partial charge is 0.107 e. The summed E-state index contributed by atoms with van der Waals surface area (Å²) in [6.45, 7) is 1.85. The molecule has 0 aromatic rings. The van der Waals surface area contributed by atoms with Gasteiger partial charge in [0, 0.05) is 6.54 Å². The van der Waals surface area contributed by atoms with Crippen LogP contribution in [0.25, 0.3) is 0 Å². The maximum Gasteiger partial charge on any atom is 0.107 e.